The summed E-state index contributed by atoms with van der Waals surface area (Å²) in [4.78, 5) is 51.1. The summed E-state index contributed by atoms with van der Waals surface area (Å²) in [5.74, 6) is -0.856. The van der Waals surface area contributed by atoms with Crippen molar-refractivity contribution in [2.24, 2.45) is 23.7 Å². The molecule has 3 aliphatic rings. The Morgan fingerprint density at radius 2 is 1.44 bits per heavy atom. The zero-order chi connectivity index (χ0) is 22.2. The molecule has 0 radical (unpaired) electrons. The van der Waals surface area contributed by atoms with E-state index in [0.29, 0.717) is 17.4 Å². The topological polar surface area (TPSA) is 80.8 Å². The van der Waals surface area contributed by atoms with Gasteiger partial charge in [0.05, 0.1) is 18.3 Å². The fourth-order valence-electron chi connectivity index (χ4n) is 5.67. The Labute approximate surface area is 186 Å². The third kappa shape index (κ3) is 3.64. The molecule has 2 aromatic rings. The number of carbonyl (C=O) groups excluding carboxylic acids is 4. The Balaban J connectivity index is 1.11. The van der Waals surface area contributed by atoms with E-state index in [4.69, 9.17) is 4.74 Å². The molecule has 2 saturated carbocycles. The molecular formula is C26H25NO5. The fourth-order valence-corrected chi connectivity index (χ4v) is 5.67. The first-order valence-corrected chi connectivity index (χ1v) is 11.2. The van der Waals surface area contributed by atoms with Crippen LogP contribution in [0.3, 0.4) is 0 Å². The lowest BCUT2D eigenvalue weighted by Crippen LogP contribution is -2.35. The lowest BCUT2D eigenvalue weighted by molar-refractivity contribution is -0.145. The first-order chi connectivity index (χ1) is 15.5. The van der Waals surface area contributed by atoms with Gasteiger partial charge < -0.3 is 4.74 Å². The van der Waals surface area contributed by atoms with E-state index < -0.39 is 5.97 Å². The van der Waals surface area contributed by atoms with Crippen molar-refractivity contribution in [1.29, 1.82) is 0 Å². The molecule has 32 heavy (non-hydrogen) atoms. The van der Waals surface area contributed by atoms with Crippen molar-refractivity contribution in [2.75, 3.05) is 13.2 Å². The third-order valence-electron chi connectivity index (χ3n) is 7.24. The lowest BCUT2D eigenvalue weighted by atomic mass is 9.81. The molecule has 0 aromatic heterocycles. The summed E-state index contributed by atoms with van der Waals surface area (Å²) in [5, 5.41) is 0. The van der Waals surface area contributed by atoms with Gasteiger partial charge in [-0.05, 0) is 42.2 Å². The first kappa shape index (κ1) is 20.6. The van der Waals surface area contributed by atoms with Gasteiger partial charge in [-0.3, -0.25) is 24.1 Å². The monoisotopic (exact) mass is 431 g/mol. The second-order valence-electron chi connectivity index (χ2n) is 8.99. The van der Waals surface area contributed by atoms with Crippen molar-refractivity contribution in [3.63, 3.8) is 0 Å². The second-order valence-corrected chi connectivity index (χ2v) is 8.99. The standard InChI is InChI=1S/C26H25NO5/c28-21(18-8-6-17(7-9-18)16-4-2-1-3-5-16)15-32-22(29)12-13-27-25(30)23-19-10-11-20(14-19)24(23)26(27)31/h1-9,19-20,23-24H,10-15H2/t19-,20-,23-,24+/m0/s1. The Kier molecular flexibility index (Phi) is 5.37. The minimum atomic E-state index is -0.583. The third-order valence-corrected chi connectivity index (χ3v) is 7.24. The summed E-state index contributed by atoms with van der Waals surface area (Å²) >= 11 is 0. The molecule has 1 heterocycles. The fraction of sp³-hybridized carbons (Fsp3) is 0.385. The number of benzene rings is 2. The van der Waals surface area contributed by atoms with Crippen LogP contribution in [0.4, 0.5) is 0 Å². The quantitative estimate of drug-likeness (QED) is 0.381. The normalized spacial score (nSPS) is 25.8. The molecule has 1 aliphatic heterocycles. The number of ketones is 1. The van der Waals surface area contributed by atoms with Gasteiger partial charge in [-0.25, -0.2) is 0 Å². The molecule has 1 saturated heterocycles. The largest absolute Gasteiger partial charge is 0.457 e. The Bertz CT molecular complexity index is 1030. The van der Waals surface area contributed by atoms with E-state index in [0.717, 1.165) is 30.4 Å². The number of amides is 2. The smallest absolute Gasteiger partial charge is 0.308 e. The molecule has 4 atom stereocenters. The number of nitrogens with zero attached hydrogens (tertiary/aromatic N) is 1. The highest BCUT2D eigenvalue weighted by Crippen LogP contribution is 2.56. The number of hydrogen-bond acceptors (Lipinski definition) is 5. The summed E-state index contributed by atoms with van der Waals surface area (Å²) in [5.41, 5.74) is 2.52. The molecule has 164 valence electrons. The van der Waals surface area contributed by atoms with Gasteiger partial charge in [0.15, 0.2) is 12.4 Å². The predicted molar refractivity (Wildman–Crippen MR) is 116 cm³/mol. The van der Waals surface area contributed by atoms with Crippen LogP contribution in [0, 0.1) is 23.7 Å². The van der Waals surface area contributed by atoms with Crippen LogP contribution in [0.25, 0.3) is 11.1 Å². The Morgan fingerprint density at radius 1 is 0.844 bits per heavy atom. The average Bonchev–Trinajstić information content (AvgIpc) is 3.51. The highest BCUT2D eigenvalue weighted by atomic mass is 16.5. The first-order valence-electron chi connectivity index (χ1n) is 11.2. The number of fused-ring (bicyclic) bond motifs is 5. The van der Waals surface area contributed by atoms with Gasteiger partial charge in [0.2, 0.25) is 11.8 Å². The second kappa shape index (κ2) is 8.34. The van der Waals surface area contributed by atoms with E-state index in [-0.39, 0.29) is 49.0 Å². The molecule has 2 aromatic carbocycles. The minimum absolute atomic E-state index is 0.0307. The lowest BCUT2D eigenvalue weighted by Gasteiger charge is -2.19. The number of likely N-dealkylation sites (tertiary alicyclic amines) is 1. The zero-order valence-electron chi connectivity index (χ0n) is 17.7. The van der Waals surface area contributed by atoms with Gasteiger partial charge in [0.25, 0.3) is 0 Å². The molecule has 6 nitrogen and oxygen atoms in total. The van der Waals surface area contributed by atoms with Crippen LogP contribution in [0.15, 0.2) is 54.6 Å². The zero-order valence-corrected chi connectivity index (χ0v) is 17.7. The molecule has 3 fully saturated rings. The summed E-state index contributed by atoms with van der Waals surface area (Å²) in [7, 11) is 0. The van der Waals surface area contributed by atoms with Crippen molar-refractivity contribution in [3.05, 3.63) is 60.2 Å². The van der Waals surface area contributed by atoms with Crippen LogP contribution < -0.4 is 0 Å². The maximum absolute atomic E-state index is 12.7. The van der Waals surface area contributed by atoms with Gasteiger partial charge in [0.1, 0.15) is 0 Å². The highest BCUT2D eigenvalue weighted by Gasteiger charge is 2.60. The molecule has 0 N–H and O–H groups in total. The van der Waals surface area contributed by atoms with E-state index in [1.807, 2.05) is 42.5 Å². The van der Waals surface area contributed by atoms with Crippen LogP contribution in [-0.2, 0) is 19.1 Å². The number of hydrogen-bond donors (Lipinski definition) is 0. The summed E-state index contributed by atoms with van der Waals surface area (Å²) < 4.78 is 5.11. The Morgan fingerprint density at radius 3 is 2.06 bits per heavy atom. The van der Waals surface area contributed by atoms with E-state index >= 15 is 0 Å². The SMILES string of the molecule is O=C(CCN1C(=O)[C@@H]2[C@H]3CC[C@@H](C3)[C@@H]2C1=O)OCC(=O)c1ccc(-c2ccccc2)cc1. The van der Waals surface area contributed by atoms with Crippen LogP contribution >= 0.6 is 0 Å². The van der Waals surface area contributed by atoms with Crippen LogP contribution in [0.5, 0.6) is 0 Å². The van der Waals surface area contributed by atoms with E-state index in [1.165, 1.54) is 4.90 Å². The van der Waals surface area contributed by atoms with Gasteiger partial charge in [-0.2, -0.15) is 0 Å². The van der Waals surface area contributed by atoms with Crippen molar-refractivity contribution in [2.45, 2.75) is 25.7 Å². The van der Waals surface area contributed by atoms with Gasteiger partial charge in [-0.15, -0.1) is 0 Å². The van der Waals surface area contributed by atoms with Crippen LogP contribution in [-0.4, -0.2) is 41.6 Å². The number of esters is 1. The maximum Gasteiger partial charge on any atom is 0.308 e. The summed E-state index contributed by atoms with van der Waals surface area (Å²) in [6, 6.07) is 17.0. The number of Topliss-reactive ketones (excluding diaryl/α,β-unsaturated/α-hetero) is 1. The van der Waals surface area contributed by atoms with Gasteiger partial charge >= 0.3 is 5.97 Å². The molecule has 2 aliphatic carbocycles. The van der Waals surface area contributed by atoms with Crippen molar-refractivity contribution < 1.29 is 23.9 Å². The van der Waals surface area contributed by atoms with Gasteiger partial charge in [-0.1, -0.05) is 54.6 Å². The van der Waals surface area contributed by atoms with Crippen molar-refractivity contribution in [3.8, 4) is 11.1 Å². The molecule has 0 spiro atoms. The average molecular weight is 431 g/mol. The van der Waals surface area contributed by atoms with E-state index in [2.05, 4.69) is 0 Å². The summed E-state index contributed by atoms with van der Waals surface area (Å²) in [6.07, 6.45) is 2.94. The number of ether oxygens (including phenoxy) is 1. The number of imide groups is 1. The number of rotatable bonds is 7. The number of carbonyl (C=O) groups is 4. The molecule has 2 amide bonds. The molecule has 0 unspecified atom stereocenters. The molecular weight excluding hydrogens is 406 g/mol. The molecule has 6 heteroatoms. The maximum atomic E-state index is 12.7. The van der Waals surface area contributed by atoms with Crippen LogP contribution in [0.2, 0.25) is 0 Å². The summed E-state index contributed by atoms with van der Waals surface area (Å²) in [6.45, 7) is -0.330. The van der Waals surface area contributed by atoms with Crippen molar-refractivity contribution in [1.82, 2.24) is 4.90 Å². The molecule has 5 rings (SSSR count). The molecule has 2 bridgehead atoms. The predicted octanol–water partition coefficient (Wildman–Crippen LogP) is 3.50. The highest BCUT2D eigenvalue weighted by molar-refractivity contribution is 6.06. The minimum Gasteiger partial charge on any atom is -0.457 e. The Hall–Kier alpha value is -3.28. The van der Waals surface area contributed by atoms with Crippen LogP contribution in [0.1, 0.15) is 36.0 Å². The van der Waals surface area contributed by atoms with Crippen molar-refractivity contribution >= 4 is 23.6 Å². The van der Waals surface area contributed by atoms with Gasteiger partial charge in [0, 0.05) is 12.1 Å². The van der Waals surface area contributed by atoms with E-state index in [1.54, 1.807) is 12.1 Å². The van der Waals surface area contributed by atoms with E-state index in [9.17, 15) is 19.2 Å².